The van der Waals surface area contributed by atoms with Crippen molar-refractivity contribution in [2.45, 2.75) is 26.2 Å². The van der Waals surface area contributed by atoms with Gasteiger partial charge in [-0.2, -0.15) is 10.2 Å². The first-order valence-corrected chi connectivity index (χ1v) is 6.78. The minimum atomic E-state index is -0.0240. The van der Waals surface area contributed by atoms with E-state index in [2.05, 4.69) is 36.0 Å². The number of halogens is 1. The van der Waals surface area contributed by atoms with Gasteiger partial charge >= 0.3 is 0 Å². The van der Waals surface area contributed by atoms with Crippen LogP contribution in [0, 0.1) is 0 Å². The Kier molecular flexibility index (Phi) is 2.83. The van der Waals surface area contributed by atoms with Gasteiger partial charge in [-0.3, -0.25) is 4.68 Å². The van der Waals surface area contributed by atoms with Gasteiger partial charge in [-0.15, -0.1) is 0 Å². The summed E-state index contributed by atoms with van der Waals surface area (Å²) in [4.78, 5) is 4.43. The second kappa shape index (κ2) is 4.31. The summed E-state index contributed by atoms with van der Waals surface area (Å²) < 4.78 is 3.52. The van der Waals surface area contributed by atoms with Gasteiger partial charge in [-0.1, -0.05) is 32.4 Å². The summed E-state index contributed by atoms with van der Waals surface area (Å²) in [6.45, 7) is 6.37. The maximum absolute atomic E-state index is 6.28. The second-order valence-electron chi connectivity index (χ2n) is 5.93. The summed E-state index contributed by atoms with van der Waals surface area (Å²) >= 11 is 6.28. The van der Waals surface area contributed by atoms with E-state index < -0.39 is 0 Å². The van der Waals surface area contributed by atoms with E-state index in [0.717, 1.165) is 22.5 Å². The number of aromatic nitrogens is 5. The van der Waals surface area contributed by atoms with Crippen LogP contribution in [0.4, 0.5) is 0 Å². The summed E-state index contributed by atoms with van der Waals surface area (Å²) in [6, 6.07) is 1.99. The number of nitrogens with zero attached hydrogens (tertiary/aromatic N) is 5. The lowest BCUT2D eigenvalue weighted by molar-refractivity contribution is 0.562. The van der Waals surface area contributed by atoms with Crippen molar-refractivity contribution in [1.29, 1.82) is 0 Å². The Labute approximate surface area is 122 Å². The Morgan fingerprint density at radius 1 is 1.20 bits per heavy atom. The van der Waals surface area contributed by atoms with Gasteiger partial charge in [0.1, 0.15) is 5.52 Å². The van der Waals surface area contributed by atoms with Crippen molar-refractivity contribution in [3.8, 4) is 11.3 Å². The molecule has 0 N–H and O–H groups in total. The van der Waals surface area contributed by atoms with Crippen LogP contribution in [0.15, 0.2) is 24.7 Å². The molecule has 0 aromatic carbocycles. The van der Waals surface area contributed by atoms with Crippen molar-refractivity contribution in [3.63, 3.8) is 0 Å². The van der Waals surface area contributed by atoms with Crippen molar-refractivity contribution in [3.05, 3.63) is 35.5 Å². The van der Waals surface area contributed by atoms with Crippen LogP contribution in [-0.2, 0) is 12.5 Å². The lowest BCUT2D eigenvalue weighted by Crippen LogP contribution is -2.11. The molecule has 0 unspecified atom stereocenters. The van der Waals surface area contributed by atoms with Crippen LogP contribution >= 0.6 is 11.6 Å². The SMILES string of the molecule is Cn1cc(-c2cn3nc(C(C)(C)C)cc3c(Cl)n2)cn1. The summed E-state index contributed by atoms with van der Waals surface area (Å²) in [5.41, 5.74) is 3.47. The Morgan fingerprint density at radius 2 is 1.95 bits per heavy atom. The molecule has 104 valence electrons. The lowest BCUT2D eigenvalue weighted by atomic mass is 9.92. The van der Waals surface area contributed by atoms with Crippen LogP contribution in [0.1, 0.15) is 26.5 Å². The van der Waals surface area contributed by atoms with Crippen molar-refractivity contribution in [2.24, 2.45) is 7.05 Å². The first-order valence-electron chi connectivity index (χ1n) is 6.40. The molecule has 3 heterocycles. The van der Waals surface area contributed by atoms with Gasteiger partial charge in [-0.05, 0) is 6.07 Å². The molecule has 20 heavy (non-hydrogen) atoms. The molecular formula is C14H16ClN5. The summed E-state index contributed by atoms with van der Waals surface area (Å²) in [5, 5.41) is 9.21. The molecule has 0 radical (unpaired) electrons. The van der Waals surface area contributed by atoms with E-state index in [-0.39, 0.29) is 5.41 Å². The third-order valence-electron chi connectivity index (χ3n) is 3.18. The molecule has 0 amide bonds. The van der Waals surface area contributed by atoms with Gasteiger partial charge in [0.2, 0.25) is 0 Å². The fraction of sp³-hybridized carbons (Fsp3) is 0.357. The van der Waals surface area contributed by atoms with E-state index in [9.17, 15) is 0 Å². The molecular weight excluding hydrogens is 274 g/mol. The molecule has 3 aromatic rings. The highest BCUT2D eigenvalue weighted by Gasteiger charge is 2.19. The second-order valence-corrected chi connectivity index (χ2v) is 6.29. The highest BCUT2D eigenvalue weighted by atomic mass is 35.5. The molecule has 0 aliphatic rings. The fourth-order valence-electron chi connectivity index (χ4n) is 2.01. The zero-order valence-electron chi connectivity index (χ0n) is 11.9. The number of aryl methyl sites for hydroxylation is 1. The molecule has 0 atom stereocenters. The quantitative estimate of drug-likeness (QED) is 0.692. The monoisotopic (exact) mass is 289 g/mol. The highest BCUT2D eigenvalue weighted by molar-refractivity contribution is 6.32. The molecule has 6 heteroatoms. The van der Waals surface area contributed by atoms with Gasteiger partial charge in [-0.25, -0.2) is 9.50 Å². The summed E-state index contributed by atoms with van der Waals surface area (Å²) in [6.07, 6.45) is 5.55. The minimum Gasteiger partial charge on any atom is -0.275 e. The number of hydrogen-bond donors (Lipinski definition) is 0. The van der Waals surface area contributed by atoms with E-state index in [0.29, 0.717) is 5.15 Å². The zero-order valence-corrected chi connectivity index (χ0v) is 12.7. The van der Waals surface area contributed by atoms with E-state index in [4.69, 9.17) is 11.6 Å². The Hall–Kier alpha value is -1.88. The smallest absolute Gasteiger partial charge is 0.155 e. The van der Waals surface area contributed by atoms with E-state index in [1.54, 1.807) is 15.4 Å². The maximum atomic E-state index is 6.28. The van der Waals surface area contributed by atoms with Crippen LogP contribution in [0.2, 0.25) is 5.15 Å². The standard InChI is InChI=1S/C14H16ClN5/c1-14(2,3)12-5-11-13(15)17-10(8-20(11)18-12)9-6-16-19(4)7-9/h5-8H,1-4H3. The van der Waals surface area contributed by atoms with Crippen LogP contribution in [-0.4, -0.2) is 24.4 Å². The average molecular weight is 290 g/mol. The van der Waals surface area contributed by atoms with E-state index >= 15 is 0 Å². The zero-order chi connectivity index (χ0) is 14.5. The molecule has 0 saturated carbocycles. The van der Waals surface area contributed by atoms with Crippen molar-refractivity contribution < 1.29 is 0 Å². The topological polar surface area (TPSA) is 48.0 Å². The Balaban J connectivity index is 2.19. The molecule has 3 rings (SSSR count). The molecule has 0 bridgehead atoms. The van der Waals surface area contributed by atoms with Crippen molar-refractivity contribution >= 4 is 17.1 Å². The molecule has 5 nitrogen and oxygen atoms in total. The van der Waals surface area contributed by atoms with Gasteiger partial charge < -0.3 is 0 Å². The van der Waals surface area contributed by atoms with Gasteiger partial charge in [0.25, 0.3) is 0 Å². The largest absolute Gasteiger partial charge is 0.275 e. The number of fused-ring (bicyclic) bond motifs is 1. The molecule has 0 spiro atoms. The Bertz CT molecular complexity index is 779. The molecule has 0 aliphatic carbocycles. The van der Waals surface area contributed by atoms with Crippen LogP contribution < -0.4 is 0 Å². The Morgan fingerprint density at radius 3 is 2.55 bits per heavy atom. The van der Waals surface area contributed by atoms with Crippen molar-refractivity contribution in [1.82, 2.24) is 24.4 Å². The van der Waals surface area contributed by atoms with E-state index in [1.807, 2.05) is 25.5 Å². The normalized spacial score (nSPS) is 12.2. The first-order chi connectivity index (χ1) is 9.34. The highest BCUT2D eigenvalue weighted by Crippen LogP contribution is 2.27. The molecule has 0 saturated heterocycles. The third kappa shape index (κ3) is 2.18. The predicted molar refractivity (Wildman–Crippen MR) is 78.9 cm³/mol. The van der Waals surface area contributed by atoms with Crippen LogP contribution in [0.25, 0.3) is 16.8 Å². The van der Waals surface area contributed by atoms with Crippen LogP contribution in [0.5, 0.6) is 0 Å². The number of hydrogen-bond acceptors (Lipinski definition) is 3. The van der Waals surface area contributed by atoms with E-state index in [1.165, 1.54) is 0 Å². The van der Waals surface area contributed by atoms with Gasteiger partial charge in [0, 0.05) is 24.2 Å². The summed E-state index contributed by atoms with van der Waals surface area (Å²) in [7, 11) is 1.87. The lowest BCUT2D eigenvalue weighted by Gasteiger charge is -2.13. The summed E-state index contributed by atoms with van der Waals surface area (Å²) in [5.74, 6) is 0. The first kappa shape index (κ1) is 13.1. The van der Waals surface area contributed by atoms with Gasteiger partial charge in [0.05, 0.1) is 23.8 Å². The average Bonchev–Trinajstić information content (AvgIpc) is 2.94. The maximum Gasteiger partial charge on any atom is 0.155 e. The third-order valence-corrected chi connectivity index (χ3v) is 3.46. The minimum absolute atomic E-state index is 0.0240. The molecule has 3 aromatic heterocycles. The number of rotatable bonds is 1. The predicted octanol–water partition coefficient (Wildman–Crippen LogP) is 3.08. The molecule has 0 aliphatic heterocycles. The molecule has 0 fully saturated rings. The van der Waals surface area contributed by atoms with Crippen molar-refractivity contribution in [2.75, 3.05) is 0 Å². The fourth-order valence-corrected chi connectivity index (χ4v) is 2.25. The van der Waals surface area contributed by atoms with Gasteiger partial charge in [0.15, 0.2) is 5.15 Å². The van der Waals surface area contributed by atoms with Crippen LogP contribution in [0.3, 0.4) is 0 Å².